The minimum atomic E-state index is -2.00. The number of aryl methyl sites for hydroxylation is 1. The van der Waals surface area contributed by atoms with Crippen molar-refractivity contribution in [3.63, 3.8) is 0 Å². The average Bonchev–Trinajstić information content (AvgIpc) is 3.01. The maximum absolute atomic E-state index is 6.67. The molecule has 4 atom stereocenters. The summed E-state index contributed by atoms with van der Waals surface area (Å²) in [5.41, 5.74) is 3.48. The molecule has 0 amide bonds. The van der Waals surface area contributed by atoms with Crippen molar-refractivity contribution in [3.8, 4) is 5.75 Å². The second-order valence-corrected chi connectivity index (χ2v) is 17.6. The Kier molecular flexibility index (Phi) is 12.4. The monoisotopic (exact) mass is 606 g/mol. The molecule has 2 unspecified atom stereocenters. The fourth-order valence-corrected chi connectivity index (χ4v) is 5.87. The van der Waals surface area contributed by atoms with Gasteiger partial charge >= 0.3 is 0 Å². The predicted molar refractivity (Wildman–Crippen MR) is 174 cm³/mol. The number of ether oxygens (including phenoxy) is 5. The van der Waals surface area contributed by atoms with Crippen LogP contribution in [-0.2, 0) is 43.0 Å². The lowest BCUT2D eigenvalue weighted by atomic mass is 9.99. The van der Waals surface area contributed by atoms with E-state index in [1.165, 1.54) is 5.56 Å². The van der Waals surface area contributed by atoms with E-state index in [-0.39, 0.29) is 29.5 Å². The van der Waals surface area contributed by atoms with Gasteiger partial charge in [-0.15, -0.1) is 0 Å². The van der Waals surface area contributed by atoms with Gasteiger partial charge in [-0.1, -0.05) is 93.6 Å². The molecule has 7 heteroatoms. The lowest BCUT2D eigenvalue weighted by Gasteiger charge is -2.44. The van der Waals surface area contributed by atoms with Crippen LogP contribution in [0.5, 0.6) is 5.75 Å². The lowest BCUT2D eigenvalue weighted by molar-refractivity contribution is -0.240. The standard InChI is InChI=1S/C36H50O6Si/c1-36(2,3)43(5,6)42-27-33-34(38-23-13-18-28-14-9-7-10-15-28)35(41-25-29-16-11-8-12-17-29)32(26-40-33)39-24-30-19-21-31(37-4)22-20-30/h7-12,14-17,19-22,32-35H,13,18,23-27H2,1-6H3/t32?,33?,34-,35+/m1/s1. The molecule has 0 saturated carbocycles. The molecule has 1 saturated heterocycles. The summed E-state index contributed by atoms with van der Waals surface area (Å²) in [6.07, 6.45) is 0.642. The summed E-state index contributed by atoms with van der Waals surface area (Å²) in [6, 6.07) is 28.7. The SMILES string of the molecule is COc1ccc(COC2COC(CO[Si](C)(C)C(C)(C)C)[C@@H](OCCCc3ccccc3)[C@H]2OCc2ccccc2)cc1. The first-order valence-corrected chi connectivity index (χ1v) is 18.4. The summed E-state index contributed by atoms with van der Waals surface area (Å²) >= 11 is 0. The average molecular weight is 607 g/mol. The zero-order chi connectivity index (χ0) is 30.7. The van der Waals surface area contributed by atoms with Crippen molar-refractivity contribution < 1.29 is 28.1 Å². The highest BCUT2D eigenvalue weighted by atomic mass is 28.4. The van der Waals surface area contributed by atoms with Crippen LogP contribution in [0.3, 0.4) is 0 Å². The number of benzene rings is 3. The Balaban J connectivity index is 1.51. The van der Waals surface area contributed by atoms with Crippen molar-refractivity contribution in [1.29, 1.82) is 0 Å². The van der Waals surface area contributed by atoms with Gasteiger partial charge in [0.1, 0.15) is 30.2 Å². The summed E-state index contributed by atoms with van der Waals surface area (Å²) in [5.74, 6) is 0.822. The summed E-state index contributed by atoms with van der Waals surface area (Å²) in [4.78, 5) is 0. The van der Waals surface area contributed by atoms with E-state index in [0.717, 1.165) is 29.7 Å². The van der Waals surface area contributed by atoms with Gasteiger partial charge in [-0.25, -0.2) is 0 Å². The number of rotatable bonds is 15. The molecule has 0 bridgehead atoms. The van der Waals surface area contributed by atoms with E-state index in [0.29, 0.717) is 33.0 Å². The third-order valence-corrected chi connectivity index (χ3v) is 13.1. The molecule has 1 fully saturated rings. The summed E-state index contributed by atoms with van der Waals surface area (Å²) in [6.45, 7) is 13.7. The smallest absolute Gasteiger partial charge is 0.192 e. The van der Waals surface area contributed by atoms with Crippen LogP contribution in [0.1, 0.15) is 43.9 Å². The van der Waals surface area contributed by atoms with E-state index in [9.17, 15) is 0 Å². The Labute approximate surface area is 259 Å². The molecule has 1 heterocycles. The minimum Gasteiger partial charge on any atom is -0.497 e. The van der Waals surface area contributed by atoms with Crippen LogP contribution in [0.25, 0.3) is 0 Å². The van der Waals surface area contributed by atoms with Crippen molar-refractivity contribution in [2.75, 3.05) is 26.9 Å². The van der Waals surface area contributed by atoms with Gasteiger partial charge in [0.05, 0.1) is 33.5 Å². The van der Waals surface area contributed by atoms with Crippen LogP contribution in [0.4, 0.5) is 0 Å². The molecule has 0 radical (unpaired) electrons. The van der Waals surface area contributed by atoms with Gasteiger partial charge < -0.3 is 28.1 Å². The second kappa shape index (κ2) is 16.0. The van der Waals surface area contributed by atoms with E-state index in [1.54, 1.807) is 7.11 Å². The summed E-state index contributed by atoms with van der Waals surface area (Å²) < 4.78 is 38.3. The van der Waals surface area contributed by atoms with Gasteiger partial charge in [0.15, 0.2) is 8.32 Å². The van der Waals surface area contributed by atoms with Gasteiger partial charge in [0, 0.05) is 6.61 Å². The molecule has 0 spiro atoms. The molecule has 6 nitrogen and oxygen atoms in total. The second-order valence-electron chi connectivity index (χ2n) is 12.8. The third-order valence-electron chi connectivity index (χ3n) is 8.62. The Bertz CT molecular complexity index is 1200. The zero-order valence-corrected chi connectivity index (χ0v) is 27.8. The highest BCUT2D eigenvalue weighted by Gasteiger charge is 2.45. The maximum atomic E-state index is 6.67. The third kappa shape index (κ3) is 10.00. The molecular formula is C36H50O6Si. The molecule has 0 N–H and O–H groups in total. The van der Waals surface area contributed by atoms with E-state index in [2.05, 4.69) is 70.3 Å². The lowest BCUT2D eigenvalue weighted by Crippen LogP contribution is -2.58. The Morgan fingerprint density at radius 1 is 0.744 bits per heavy atom. The molecule has 1 aliphatic rings. The van der Waals surface area contributed by atoms with Gasteiger partial charge in [0.25, 0.3) is 0 Å². The van der Waals surface area contributed by atoms with Gasteiger partial charge in [-0.2, -0.15) is 0 Å². The van der Waals surface area contributed by atoms with Crippen molar-refractivity contribution in [2.45, 2.75) is 89.4 Å². The highest BCUT2D eigenvalue weighted by molar-refractivity contribution is 6.74. The van der Waals surface area contributed by atoms with E-state index in [4.69, 9.17) is 28.1 Å². The van der Waals surface area contributed by atoms with Crippen molar-refractivity contribution in [2.24, 2.45) is 0 Å². The minimum absolute atomic E-state index is 0.0981. The molecular weight excluding hydrogens is 556 g/mol. The zero-order valence-electron chi connectivity index (χ0n) is 26.8. The first kappa shape index (κ1) is 33.4. The number of hydrogen-bond acceptors (Lipinski definition) is 6. The molecule has 3 aromatic carbocycles. The molecule has 0 aliphatic carbocycles. The molecule has 4 rings (SSSR count). The fourth-order valence-electron chi connectivity index (χ4n) is 4.86. The largest absolute Gasteiger partial charge is 0.497 e. The first-order chi connectivity index (χ1) is 20.7. The number of methoxy groups -OCH3 is 1. The quantitative estimate of drug-likeness (QED) is 0.131. The normalized spacial score (nSPS) is 21.1. The molecule has 234 valence electrons. The van der Waals surface area contributed by atoms with Crippen LogP contribution in [0.15, 0.2) is 84.9 Å². The Morgan fingerprint density at radius 3 is 1.98 bits per heavy atom. The maximum Gasteiger partial charge on any atom is 0.192 e. The number of hydrogen-bond donors (Lipinski definition) is 0. The van der Waals surface area contributed by atoms with Crippen molar-refractivity contribution in [1.82, 2.24) is 0 Å². The Morgan fingerprint density at radius 2 is 1.35 bits per heavy atom. The van der Waals surface area contributed by atoms with Crippen molar-refractivity contribution >= 4 is 8.32 Å². The fraction of sp³-hybridized carbons (Fsp3) is 0.500. The highest BCUT2D eigenvalue weighted by Crippen LogP contribution is 2.37. The van der Waals surface area contributed by atoms with E-state index in [1.807, 2.05) is 48.5 Å². The molecule has 43 heavy (non-hydrogen) atoms. The van der Waals surface area contributed by atoms with Crippen LogP contribution < -0.4 is 4.74 Å². The van der Waals surface area contributed by atoms with Gasteiger partial charge in [-0.3, -0.25) is 0 Å². The van der Waals surface area contributed by atoms with Crippen LogP contribution >= 0.6 is 0 Å². The van der Waals surface area contributed by atoms with Gasteiger partial charge in [0.2, 0.25) is 0 Å². The van der Waals surface area contributed by atoms with Crippen LogP contribution in [-0.4, -0.2) is 59.7 Å². The summed E-state index contributed by atoms with van der Waals surface area (Å²) in [7, 11) is -0.325. The molecule has 3 aromatic rings. The summed E-state index contributed by atoms with van der Waals surface area (Å²) in [5, 5.41) is 0.0981. The van der Waals surface area contributed by atoms with E-state index >= 15 is 0 Å². The first-order valence-electron chi connectivity index (χ1n) is 15.5. The predicted octanol–water partition coefficient (Wildman–Crippen LogP) is 7.60. The van der Waals surface area contributed by atoms with Crippen molar-refractivity contribution in [3.05, 3.63) is 102 Å². The molecule has 0 aromatic heterocycles. The van der Waals surface area contributed by atoms with Crippen LogP contribution in [0.2, 0.25) is 18.1 Å². The van der Waals surface area contributed by atoms with E-state index < -0.39 is 8.32 Å². The van der Waals surface area contributed by atoms with Gasteiger partial charge in [-0.05, 0) is 59.8 Å². The van der Waals surface area contributed by atoms with Crippen LogP contribution in [0, 0.1) is 0 Å². The topological polar surface area (TPSA) is 55.4 Å². The Hall–Kier alpha value is -2.52. The molecule has 1 aliphatic heterocycles.